The second-order valence-electron chi connectivity index (χ2n) is 6.49. The van der Waals surface area contributed by atoms with E-state index in [4.69, 9.17) is 9.47 Å². The number of aliphatic hydroxyl groups excluding tert-OH is 8. The van der Waals surface area contributed by atoms with Crippen LogP contribution in [0.25, 0.3) is 0 Å². The van der Waals surface area contributed by atoms with Crippen LogP contribution in [0.5, 0.6) is 0 Å². The van der Waals surface area contributed by atoms with Gasteiger partial charge in [0, 0.05) is 6.92 Å². The molecule has 1 heterocycles. The number of aliphatic hydroxyl groups is 8. The molecule has 1 amide bonds. The summed E-state index contributed by atoms with van der Waals surface area (Å²) in [5.41, 5.74) is 0. The first kappa shape index (κ1) is 21.4. The molecule has 11 atom stereocenters. The van der Waals surface area contributed by atoms with Crippen LogP contribution in [0.4, 0.5) is 0 Å². The highest BCUT2D eigenvalue weighted by Crippen LogP contribution is 2.29. The average molecular weight is 383 g/mol. The maximum Gasteiger partial charge on any atom is 0.217 e. The molecule has 12 nitrogen and oxygen atoms in total. The van der Waals surface area contributed by atoms with Crippen molar-refractivity contribution in [3.63, 3.8) is 0 Å². The van der Waals surface area contributed by atoms with Gasteiger partial charge in [-0.05, 0) is 0 Å². The number of nitrogens with one attached hydrogen (secondary N) is 1. The number of carbonyl (C=O) groups is 1. The molecule has 1 aliphatic carbocycles. The quantitative estimate of drug-likeness (QED) is 0.223. The normalized spacial score (nSPS) is 49.7. The van der Waals surface area contributed by atoms with Crippen LogP contribution in [0.1, 0.15) is 6.92 Å². The van der Waals surface area contributed by atoms with Gasteiger partial charge in [0.05, 0.1) is 6.61 Å². The zero-order valence-corrected chi connectivity index (χ0v) is 13.9. The third-order valence-corrected chi connectivity index (χ3v) is 4.61. The van der Waals surface area contributed by atoms with E-state index in [-0.39, 0.29) is 0 Å². The lowest BCUT2D eigenvalue weighted by Crippen LogP contribution is -2.69. The highest BCUT2D eigenvalue weighted by molar-refractivity contribution is 5.73. The molecule has 0 radical (unpaired) electrons. The number of amides is 1. The number of rotatable bonds is 4. The zero-order valence-electron chi connectivity index (χ0n) is 13.9. The molecule has 2 fully saturated rings. The Hall–Kier alpha value is -0.930. The van der Waals surface area contributed by atoms with Gasteiger partial charge >= 0.3 is 0 Å². The van der Waals surface area contributed by atoms with Gasteiger partial charge in [0.15, 0.2) is 6.29 Å². The Bertz CT molecular complexity index is 478. The predicted molar refractivity (Wildman–Crippen MR) is 80.3 cm³/mol. The first-order valence-corrected chi connectivity index (χ1v) is 8.05. The molecule has 2 aliphatic rings. The fourth-order valence-corrected chi connectivity index (χ4v) is 3.10. The fraction of sp³-hybridized carbons (Fsp3) is 0.929. The van der Waals surface area contributed by atoms with Gasteiger partial charge in [-0.3, -0.25) is 4.79 Å². The molecular formula is C14H25NO11. The van der Waals surface area contributed by atoms with Crippen LogP contribution >= 0.6 is 0 Å². The van der Waals surface area contributed by atoms with Crippen molar-refractivity contribution < 1.29 is 55.1 Å². The Morgan fingerprint density at radius 2 is 1.38 bits per heavy atom. The number of carbonyl (C=O) groups excluding carboxylic acids is 1. The van der Waals surface area contributed by atoms with E-state index in [0.717, 1.165) is 6.92 Å². The molecule has 0 aromatic heterocycles. The van der Waals surface area contributed by atoms with Gasteiger partial charge in [-0.2, -0.15) is 0 Å². The van der Waals surface area contributed by atoms with E-state index in [1.807, 2.05) is 0 Å². The monoisotopic (exact) mass is 383 g/mol. The summed E-state index contributed by atoms with van der Waals surface area (Å²) in [4.78, 5) is 11.4. The molecule has 9 N–H and O–H groups in total. The van der Waals surface area contributed by atoms with Crippen LogP contribution in [0, 0.1) is 0 Å². The van der Waals surface area contributed by atoms with Crippen LogP contribution in [0.2, 0.25) is 0 Å². The molecule has 1 saturated heterocycles. The Morgan fingerprint density at radius 3 is 1.85 bits per heavy atom. The Labute approximate surface area is 148 Å². The summed E-state index contributed by atoms with van der Waals surface area (Å²) in [6, 6.07) is -1.34. The molecule has 2 unspecified atom stereocenters. The van der Waals surface area contributed by atoms with Crippen molar-refractivity contribution >= 4 is 5.91 Å². The van der Waals surface area contributed by atoms with Crippen molar-refractivity contribution in [3.8, 4) is 0 Å². The van der Waals surface area contributed by atoms with Crippen molar-refractivity contribution in [2.75, 3.05) is 6.61 Å². The van der Waals surface area contributed by atoms with Gasteiger partial charge in [0.1, 0.15) is 61.0 Å². The average Bonchev–Trinajstić information content (AvgIpc) is 2.60. The molecule has 0 aromatic carbocycles. The van der Waals surface area contributed by atoms with Crippen LogP contribution in [0.3, 0.4) is 0 Å². The summed E-state index contributed by atoms with van der Waals surface area (Å²) >= 11 is 0. The third kappa shape index (κ3) is 3.99. The number of ether oxygens (including phenoxy) is 2. The van der Waals surface area contributed by atoms with E-state index in [9.17, 15) is 45.6 Å². The molecule has 0 spiro atoms. The van der Waals surface area contributed by atoms with Crippen molar-refractivity contribution in [1.82, 2.24) is 5.32 Å². The van der Waals surface area contributed by atoms with E-state index in [0.29, 0.717) is 0 Å². The first-order chi connectivity index (χ1) is 12.1. The molecule has 12 heteroatoms. The molecule has 1 saturated carbocycles. The van der Waals surface area contributed by atoms with Crippen LogP contribution < -0.4 is 5.32 Å². The van der Waals surface area contributed by atoms with Crippen molar-refractivity contribution in [2.45, 2.75) is 74.2 Å². The van der Waals surface area contributed by atoms with Crippen LogP contribution in [-0.4, -0.2) is 121 Å². The summed E-state index contributed by atoms with van der Waals surface area (Å²) in [5, 5.41) is 80.7. The van der Waals surface area contributed by atoms with Gasteiger partial charge in [0.25, 0.3) is 0 Å². The summed E-state index contributed by atoms with van der Waals surface area (Å²) in [6.45, 7) is 0.424. The fourth-order valence-electron chi connectivity index (χ4n) is 3.10. The first-order valence-electron chi connectivity index (χ1n) is 8.05. The molecule has 0 aromatic rings. The van der Waals surface area contributed by atoms with E-state index in [1.54, 1.807) is 0 Å². The third-order valence-electron chi connectivity index (χ3n) is 4.61. The molecule has 1 aliphatic heterocycles. The van der Waals surface area contributed by atoms with Crippen molar-refractivity contribution in [2.24, 2.45) is 0 Å². The van der Waals surface area contributed by atoms with Crippen molar-refractivity contribution in [1.29, 1.82) is 0 Å². The molecule has 0 bridgehead atoms. The highest BCUT2D eigenvalue weighted by Gasteiger charge is 2.52. The second kappa shape index (κ2) is 8.39. The minimum atomic E-state index is -1.84. The maximum atomic E-state index is 11.4. The van der Waals surface area contributed by atoms with E-state index < -0.39 is 79.8 Å². The Morgan fingerprint density at radius 1 is 0.885 bits per heavy atom. The smallest absolute Gasteiger partial charge is 0.217 e. The minimum absolute atomic E-state index is 0.610. The van der Waals surface area contributed by atoms with Crippen molar-refractivity contribution in [3.05, 3.63) is 0 Å². The summed E-state index contributed by atoms with van der Waals surface area (Å²) < 4.78 is 10.6. The van der Waals surface area contributed by atoms with Gasteiger partial charge in [-0.1, -0.05) is 0 Å². The van der Waals surface area contributed by atoms with Gasteiger partial charge in [0.2, 0.25) is 5.91 Å². The SMILES string of the molecule is CC(=O)N[C@H]1[C@@H](OC2[C@H](O)[C@H](O)C(O)[C@H](O)[C@H]2O)O[C@H](CO)[C@@H](O)[C@@H]1O. The summed E-state index contributed by atoms with van der Waals surface area (Å²) in [6.07, 6.45) is -16.9. The minimum Gasteiger partial charge on any atom is -0.394 e. The topological polar surface area (TPSA) is 209 Å². The molecule has 2 rings (SSSR count). The maximum absolute atomic E-state index is 11.4. The van der Waals surface area contributed by atoms with Gasteiger partial charge in [-0.25, -0.2) is 0 Å². The zero-order chi connectivity index (χ0) is 19.8. The van der Waals surface area contributed by atoms with E-state index >= 15 is 0 Å². The summed E-state index contributed by atoms with van der Waals surface area (Å²) in [5.74, 6) is -0.610. The molecular weight excluding hydrogens is 358 g/mol. The highest BCUT2D eigenvalue weighted by atomic mass is 16.7. The standard InChI is InChI=1S/C14H25NO11/c1-3(17)15-5-7(19)6(18)4(2-16)25-14(5)26-13-11(23)9(21)8(20)10(22)12(13)24/h4-14,16,18-24H,2H2,1H3,(H,15,17)/t4-,5-,6-,7-,8?,9-,10+,11-,12-,13?,14-/m1/s1. The Balaban J connectivity index is 2.23. The lowest BCUT2D eigenvalue weighted by atomic mass is 9.84. The van der Waals surface area contributed by atoms with E-state index in [1.165, 1.54) is 0 Å². The summed E-state index contributed by atoms with van der Waals surface area (Å²) in [7, 11) is 0. The largest absolute Gasteiger partial charge is 0.394 e. The Kier molecular flexibility index (Phi) is 6.90. The van der Waals surface area contributed by atoms with Gasteiger partial charge in [-0.15, -0.1) is 0 Å². The van der Waals surface area contributed by atoms with Crippen LogP contribution in [-0.2, 0) is 14.3 Å². The number of hydrogen-bond acceptors (Lipinski definition) is 11. The van der Waals surface area contributed by atoms with Crippen LogP contribution in [0.15, 0.2) is 0 Å². The second-order valence-corrected chi connectivity index (χ2v) is 6.49. The predicted octanol–water partition coefficient (Wildman–Crippen LogP) is -5.87. The molecule has 26 heavy (non-hydrogen) atoms. The molecule has 152 valence electrons. The van der Waals surface area contributed by atoms with Gasteiger partial charge < -0.3 is 55.6 Å². The number of hydrogen-bond donors (Lipinski definition) is 9. The van der Waals surface area contributed by atoms with E-state index in [2.05, 4.69) is 5.32 Å². The lowest BCUT2D eigenvalue weighted by Gasteiger charge is -2.47. The lowest BCUT2D eigenvalue weighted by molar-refractivity contribution is -0.319.